The summed E-state index contributed by atoms with van der Waals surface area (Å²) in [6.07, 6.45) is 1.88. The van der Waals surface area contributed by atoms with Crippen LogP contribution in [0.5, 0.6) is 0 Å². The predicted molar refractivity (Wildman–Crippen MR) is 108 cm³/mol. The van der Waals surface area contributed by atoms with Crippen molar-refractivity contribution in [1.82, 2.24) is 5.32 Å². The van der Waals surface area contributed by atoms with Crippen LogP contribution in [0.3, 0.4) is 0 Å². The molecule has 0 fully saturated rings. The minimum Gasteiger partial charge on any atom is -0.463 e. The molecule has 0 aromatic heterocycles. The molecule has 0 saturated heterocycles. The molecule has 0 saturated carbocycles. The number of nitro groups is 1. The summed E-state index contributed by atoms with van der Waals surface area (Å²) in [7, 11) is 0. The van der Waals surface area contributed by atoms with Gasteiger partial charge in [-0.25, -0.2) is 4.79 Å². The van der Waals surface area contributed by atoms with E-state index < -0.39 is 16.8 Å². The highest BCUT2D eigenvalue weighted by Gasteiger charge is 2.30. The fourth-order valence-corrected chi connectivity index (χ4v) is 3.30. The van der Waals surface area contributed by atoms with Gasteiger partial charge in [0.1, 0.15) is 0 Å². The van der Waals surface area contributed by atoms with Gasteiger partial charge < -0.3 is 10.1 Å². The molecular weight excluding hydrogens is 380 g/mol. The fourth-order valence-electron chi connectivity index (χ4n) is 3.18. The van der Waals surface area contributed by atoms with Crippen LogP contribution >= 0.6 is 11.6 Å². The summed E-state index contributed by atoms with van der Waals surface area (Å²) in [6, 6.07) is 13.6. The lowest BCUT2D eigenvalue weighted by Gasteiger charge is -2.27. The number of carbonyl (C=O) groups excluding carboxylic acids is 1. The normalized spacial score (nSPS) is 16.2. The largest absolute Gasteiger partial charge is 0.463 e. The molecule has 1 unspecified atom stereocenters. The molecule has 1 atom stereocenters. The average molecular weight is 399 g/mol. The molecule has 6 nitrogen and oxygen atoms in total. The topological polar surface area (TPSA) is 81.5 Å². The first-order chi connectivity index (χ1) is 13.4. The number of dihydropyridines is 1. The van der Waals surface area contributed by atoms with Gasteiger partial charge in [0, 0.05) is 34.5 Å². The number of nitrogens with one attached hydrogen (secondary N) is 1. The second-order valence-electron chi connectivity index (χ2n) is 6.30. The van der Waals surface area contributed by atoms with Crippen molar-refractivity contribution in [3.8, 4) is 0 Å². The van der Waals surface area contributed by atoms with Crippen molar-refractivity contribution in [2.45, 2.75) is 19.8 Å². The van der Waals surface area contributed by atoms with Crippen molar-refractivity contribution in [3.63, 3.8) is 0 Å². The van der Waals surface area contributed by atoms with Gasteiger partial charge in [0.15, 0.2) is 0 Å². The molecule has 0 spiro atoms. The van der Waals surface area contributed by atoms with Gasteiger partial charge in [-0.05, 0) is 43.2 Å². The van der Waals surface area contributed by atoms with Gasteiger partial charge in [-0.15, -0.1) is 0 Å². The Morgan fingerprint density at radius 2 is 1.96 bits per heavy atom. The molecule has 1 aliphatic heterocycles. The van der Waals surface area contributed by atoms with E-state index in [1.807, 2.05) is 18.2 Å². The molecule has 3 rings (SSSR count). The van der Waals surface area contributed by atoms with Gasteiger partial charge in [-0.2, -0.15) is 0 Å². The Kier molecular flexibility index (Phi) is 5.80. The number of nitrogens with zero attached hydrogens (tertiary/aromatic N) is 1. The fraction of sp³-hybridized carbons (Fsp3) is 0.190. The minimum absolute atomic E-state index is 0.0293. The molecule has 1 N–H and O–H groups in total. The maximum absolute atomic E-state index is 12.6. The molecule has 2 aromatic rings. The van der Waals surface area contributed by atoms with Gasteiger partial charge in [0.05, 0.1) is 17.1 Å². The zero-order valence-electron chi connectivity index (χ0n) is 15.4. The third kappa shape index (κ3) is 4.07. The van der Waals surface area contributed by atoms with E-state index in [0.717, 1.165) is 11.3 Å². The summed E-state index contributed by atoms with van der Waals surface area (Å²) >= 11 is 5.98. The van der Waals surface area contributed by atoms with Crippen LogP contribution in [0.4, 0.5) is 5.69 Å². The van der Waals surface area contributed by atoms with E-state index in [0.29, 0.717) is 21.9 Å². The lowest BCUT2D eigenvalue weighted by atomic mass is 9.85. The maximum Gasteiger partial charge on any atom is 0.336 e. The lowest BCUT2D eigenvalue weighted by molar-refractivity contribution is -0.384. The number of benzene rings is 2. The van der Waals surface area contributed by atoms with Crippen LogP contribution in [0.25, 0.3) is 5.70 Å². The number of rotatable bonds is 5. The first-order valence-corrected chi connectivity index (χ1v) is 9.15. The zero-order chi connectivity index (χ0) is 20.3. The molecule has 2 aromatic carbocycles. The number of ether oxygens (including phenoxy) is 1. The lowest BCUT2D eigenvalue weighted by Crippen LogP contribution is -2.26. The van der Waals surface area contributed by atoms with Crippen molar-refractivity contribution in [2.75, 3.05) is 6.61 Å². The van der Waals surface area contributed by atoms with Crippen LogP contribution in [0.1, 0.15) is 30.9 Å². The summed E-state index contributed by atoms with van der Waals surface area (Å²) in [4.78, 5) is 23.3. The average Bonchev–Trinajstić information content (AvgIpc) is 2.68. The quantitative estimate of drug-likeness (QED) is 0.444. The van der Waals surface area contributed by atoms with Crippen molar-refractivity contribution in [2.24, 2.45) is 0 Å². The maximum atomic E-state index is 12.6. The van der Waals surface area contributed by atoms with E-state index in [4.69, 9.17) is 16.3 Å². The van der Waals surface area contributed by atoms with Gasteiger partial charge >= 0.3 is 5.97 Å². The third-order valence-electron chi connectivity index (χ3n) is 4.46. The summed E-state index contributed by atoms with van der Waals surface area (Å²) in [5, 5.41) is 15.1. The Bertz CT molecular complexity index is 980. The van der Waals surface area contributed by atoms with Gasteiger partial charge in [-0.3, -0.25) is 10.1 Å². The van der Waals surface area contributed by atoms with Crippen molar-refractivity contribution in [3.05, 3.63) is 92.1 Å². The first-order valence-electron chi connectivity index (χ1n) is 8.77. The molecule has 7 heteroatoms. The van der Waals surface area contributed by atoms with Crippen molar-refractivity contribution >= 4 is 29.0 Å². The number of halogens is 1. The first kappa shape index (κ1) is 19.6. The molecular formula is C21H19ClN2O4. The van der Waals surface area contributed by atoms with E-state index in [2.05, 4.69) is 5.32 Å². The van der Waals surface area contributed by atoms with Crippen molar-refractivity contribution < 1.29 is 14.5 Å². The summed E-state index contributed by atoms with van der Waals surface area (Å²) in [5.41, 5.74) is 3.37. The number of non-ortho nitro benzene ring substituents is 1. The van der Waals surface area contributed by atoms with Gasteiger partial charge in [0.25, 0.3) is 5.69 Å². The smallest absolute Gasteiger partial charge is 0.336 e. The molecule has 0 bridgehead atoms. The van der Waals surface area contributed by atoms with E-state index in [1.165, 1.54) is 12.1 Å². The second kappa shape index (κ2) is 8.27. The molecule has 1 aliphatic rings. The Morgan fingerprint density at radius 3 is 2.61 bits per heavy atom. The Labute approximate surface area is 167 Å². The van der Waals surface area contributed by atoms with Crippen LogP contribution < -0.4 is 5.32 Å². The van der Waals surface area contributed by atoms with Gasteiger partial charge in [0.2, 0.25) is 0 Å². The minimum atomic E-state index is -0.481. The highest BCUT2D eigenvalue weighted by molar-refractivity contribution is 6.30. The SMILES string of the molecule is CCOC(=O)C1=C(C)NC(c2ccc(Cl)cc2)=CC1c1cccc([N+](=O)[O-])c1. The van der Waals surface area contributed by atoms with E-state index in [9.17, 15) is 14.9 Å². The standard InChI is InChI=1S/C21H19ClN2O4/c1-3-28-21(25)20-13(2)23-19(14-7-9-16(22)10-8-14)12-18(20)15-5-4-6-17(11-15)24(26)27/h4-12,18,23H,3H2,1-2H3. The number of allylic oxidation sites excluding steroid dienone is 2. The molecule has 0 amide bonds. The number of hydrogen-bond acceptors (Lipinski definition) is 5. The van der Waals surface area contributed by atoms with Crippen LogP contribution in [-0.2, 0) is 9.53 Å². The summed E-state index contributed by atoms with van der Waals surface area (Å²) < 4.78 is 5.22. The van der Waals surface area contributed by atoms with Crippen LogP contribution in [0, 0.1) is 10.1 Å². The Balaban J connectivity index is 2.11. The molecule has 144 valence electrons. The zero-order valence-corrected chi connectivity index (χ0v) is 16.2. The molecule has 1 heterocycles. The Morgan fingerprint density at radius 1 is 1.25 bits per heavy atom. The monoisotopic (exact) mass is 398 g/mol. The van der Waals surface area contributed by atoms with E-state index in [-0.39, 0.29) is 12.3 Å². The van der Waals surface area contributed by atoms with Crippen LogP contribution in [0.2, 0.25) is 5.02 Å². The predicted octanol–water partition coefficient (Wildman–Crippen LogP) is 4.81. The highest BCUT2D eigenvalue weighted by Crippen LogP contribution is 2.36. The van der Waals surface area contributed by atoms with Crippen molar-refractivity contribution in [1.29, 1.82) is 0 Å². The van der Waals surface area contributed by atoms with Crippen LogP contribution in [0.15, 0.2) is 65.9 Å². The number of hydrogen-bond donors (Lipinski definition) is 1. The summed E-state index contributed by atoms with van der Waals surface area (Å²) in [6.45, 7) is 3.77. The second-order valence-corrected chi connectivity index (χ2v) is 6.74. The summed E-state index contributed by atoms with van der Waals surface area (Å²) in [5.74, 6) is -0.929. The van der Waals surface area contributed by atoms with Crippen LogP contribution in [-0.4, -0.2) is 17.5 Å². The highest BCUT2D eigenvalue weighted by atomic mass is 35.5. The van der Waals surface area contributed by atoms with E-state index >= 15 is 0 Å². The molecule has 0 radical (unpaired) electrons. The third-order valence-corrected chi connectivity index (χ3v) is 4.71. The number of carbonyl (C=O) groups is 1. The Hall–Kier alpha value is -3.12. The molecule has 0 aliphatic carbocycles. The molecule has 28 heavy (non-hydrogen) atoms. The van der Waals surface area contributed by atoms with E-state index in [1.54, 1.807) is 38.1 Å². The number of esters is 1. The van der Waals surface area contributed by atoms with Gasteiger partial charge in [-0.1, -0.05) is 35.9 Å². The number of nitro benzene ring substituents is 1.